The van der Waals surface area contributed by atoms with E-state index in [-0.39, 0.29) is 0 Å². The smallest absolute Gasteiger partial charge is 0.122 e. The van der Waals surface area contributed by atoms with Crippen LogP contribution in [0, 0.1) is 5.92 Å². The summed E-state index contributed by atoms with van der Waals surface area (Å²) in [5.74, 6) is 2.34. The van der Waals surface area contributed by atoms with E-state index >= 15 is 0 Å². The van der Waals surface area contributed by atoms with Crippen molar-refractivity contribution in [2.75, 3.05) is 21.3 Å². The minimum absolute atomic E-state index is 0.343. The van der Waals surface area contributed by atoms with Crippen molar-refractivity contribution < 1.29 is 9.47 Å². The van der Waals surface area contributed by atoms with Crippen LogP contribution >= 0.6 is 0 Å². The Labute approximate surface area is 123 Å². The molecule has 0 saturated heterocycles. The van der Waals surface area contributed by atoms with E-state index in [0.717, 1.165) is 11.5 Å². The fourth-order valence-corrected chi connectivity index (χ4v) is 2.76. The Bertz CT molecular complexity index is 370. The van der Waals surface area contributed by atoms with Crippen LogP contribution < -0.4 is 14.8 Å². The zero-order valence-corrected chi connectivity index (χ0v) is 13.5. The largest absolute Gasteiger partial charge is 0.497 e. The molecule has 0 heterocycles. The van der Waals surface area contributed by atoms with Gasteiger partial charge in [0, 0.05) is 12.1 Å². The predicted molar refractivity (Wildman–Crippen MR) is 84.7 cm³/mol. The van der Waals surface area contributed by atoms with Crippen molar-refractivity contribution in [1.82, 2.24) is 5.32 Å². The third kappa shape index (κ3) is 4.41. The normalized spacial score (nSPS) is 13.8. The summed E-state index contributed by atoms with van der Waals surface area (Å²) in [5, 5.41) is 3.47. The number of hydrogen-bond donors (Lipinski definition) is 1. The van der Waals surface area contributed by atoms with Gasteiger partial charge in [-0.3, -0.25) is 0 Å². The fourth-order valence-electron chi connectivity index (χ4n) is 2.76. The Kier molecular flexibility index (Phi) is 7.45. The van der Waals surface area contributed by atoms with E-state index in [0.29, 0.717) is 12.0 Å². The zero-order valence-electron chi connectivity index (χ0n) is 13.5. The average molecular weight is 279 g/mol. The molecular weight excluding hydrogens is 250 g/mol. The van der Waals surface area contributed by atoms with E-state index in [2.05, 4.69) is 31.3 Å². The van der Waals surface area contributed by atoms with Crippen LogP contribution in [0.3, 0.4) is 0 Å². The summed E-state index contributed by atoms with van der Waals surface area (Å²) >= 11 is 0. The van der Waals surface area contributed by atoms with Gasteiger partial charge in [0.1, 0.15) is 11.5 Å². The van der Waals surface area contributed by atoms with Gasteiger partial charge < -0.3 is 14.8 Å². The van der Waals surface area contributed by atoms with Gasteiger partial charge in [0.25, 0.3) is 0 Å². The number of ether oxygens (including phenoxy) is 2. The Hall–Kier alpha value is -1.22. The van der Waals surface area contributed by atoms with Gasteiger partial charge in [0.2, 0.25) is 0 Å². The van der Waals surface area contributed by atoms with Crippen molar-refractivity contribution in [3.8, 4) is 11.5 Å². The molecule has 1 N–H and O–H groups in total. The molecule has 2 unspecified atom stereocenters. The molecule has 1 rings (SSSR count). The fraction of sp³-hybridized carbons (Fsp3) is 0.647. The molecule has 2 atom stereocenters. The van der Waals surface area contributed by atoms with Gasteiger partial charge in [0.05, 0.1) is 14.2 Å². The average Bonchev–Trinajstić information content (AvgIpc) is 2.50. The molecule has 0 radical (unpaired) electrons. The lowest BCUT2D eigenvalue weighted by Gasteiger charge is -2.27. The van der Waals surface area contributed by atoms with E-state index < -0.39 is 0 Å². The predicted octanol–water partition coefficient (Wildman–Crippen LogP) is 4.18. The second kappa shape index (κ2) is 8.85. The third-order valence-corrected chi connectivity index (χ3v) is 3.97. The standard InChI is InChI=1S/C17H29NO2/c1-6-8-9-13(7-2)17(18-3)14-10-15(19-4)12-16(11-14)20-5/h10-13,17-18H,6-9H2,1-5H3. The van der Waals surface area contributed by atoms with Crippen LogP contribution in [0.5, 0.6) is 11.5 Å². The molecular formula is C17H29NO2. The third-order valence-electron chi connectivity index (χ3n) is 3.97. The highest BCUT2D eigenvalue weighted by Crippen LogP contribution is 2.33. The van der Waals surface area contributed by atoms with E-state index in [1.54, 1.807) is 14.2 Å². The second-order valence-corrected chi connectivity index (χ2v) is 5.22. The molecule has 0 bridgehead atoms. The number of benzene rings is 1. The maximum atomic E-state index is 5.38. The molecule has 0 fully saturated rings. The summed E-state index contributed by atoms with van der Waals surface area (Å²) in [6, 6.07) is 6.48. The van der Waals surface area contributed by atoms with Gasteiger partial charge in [-0.15, -0.1) is 0 Å². The van der Waals surface area contributed by atoms with Crippen molar-refractivity contribution in [2.24, 2.45) is 5.92 Å². The maximum Gasteiger partial charge on any atom is 0.122 e. The number of hydrogen-bond acceptors (Lipinski definition) is 3. The summed E-state index contributed by atoms with van der Waals surface area (Å²) in [6.45, 7) is 4.51. The van der Waals surface area contributed by atoms with Crippen LogP contribution in [-0.2, 0) is 0 Å². The van der Waals surface area contributed by atoms with Crippen LogP contribution in [-0.4, -0.2) is 21.3 Å². The first kappa shape index (κ1) is 16.8. The maximum absolute atomic E-state index is 5.38. The lowest BCUT2D eigenvalue weighted by molar-refractivity contribution is 0.335. The minimum Gasteiger partial charge on any atom is -0.497 e. The monoisotopic (exact) mass is 279 g/mol. The first-order chi connectivity index (χ1) is 9.69. The molecule has 0 aliphatic heterocycles. The topological polar surface area (TPSA) is 30.5 Å². The quantitative estimate of drug-likeness (QED) is 0.735. The molecule has 1 aromatic carbocycles. The molecule has 0 spiro atoms. The van der Waals surface area contributed by atoms with Gasteiger partial charge >= 0.3 is 0 Å². The van der Waals surface area contributed by atoms with Gasteiger partial charge in [-0.1, -0.05) is 33.1 Å². The molecule has 0 aromatic heterocycles. The molecule has 114 valence electrons. The molecule has 0 amide bonds. The molecule has 3 nitrogen and oxygen atoms in total. The summed E-state index contributed by atoms with van der Waals surface area (Å²) < 4.78 is 10.8. The van der Waals surface area contributed by atoms with Crippen molar-refractivity contribution in [1.29, 1.82) is 0 Å². The van der Waals surface area contributed by atoms with Gasteiger partial charge in [-0.25, -0.2) is 0 Å². The Balaban J connectivity index is 3.02. The van der Waals surface area contributed by atoms with E-state index in [1.165, 1.54) is 31.2 Å². The summed E-state index contributed by atoms with van der Waals surface area (Å²) in [5.41, 5.74) is 1.24. The number of rotatable bonds is 9. The number of nitrogens with one attached hydrogen (secondary N) is 1. The van der Waals surface area contributed by atoms with Crippen LogP contribution in [0.25, 0.3) is 0 Å². The Morgan fingerprint density at radius 2 is 1.65 bits per heavy atom. The summed E-state index contributed by atoms with van der Waals surface area (Å²) in [6.07, 6.45) is 4.94. The van der Waals surface area contributed by atoms with Gasteiger partial charge in [0.15, 0.2) is 0 Å². The molecule has 3 heteroatoms. The lowest BCUT2D eigenvalue weighted by Crippen LogP contribution is -2.25. The summed E-state index contributed by atoms with van der Waals surface area (Å²) in [4.78, 5) is 0. The SMILES string of the molecule is CCCCC(CC)C(NC)c1cc(OC)cc(OC)c1. The Morgan fingerprint density at radius 1 is 1.05 bits per heavy atom. The highest BCUT2D eigenvalue weighted by atomic mass is 16.5. The zero-order chi connectivity index (χ0) is 15.0. The lowest BCUT2D eigenvalue weighted by atomic mass is 9.87. The van der Waals surface area contributed by atoms with Crippen molar-refractivity contribution in [3.05, 3.63) is 23.8 Å². The van der Waals surface area contributed by atoms with E-state index in [4.69, 9.17) is 9.47 Å². The highest BCUT2D eigenvalue weighted by Gasteiger charge is 2.21. The van der Waals surface area contributed by atoms with Crippen molar-refractivity contribution >= 4 is 0 Å². The van der Waals surface area contributed by atoms with Crippen molar-refractivity contribution in [3.63, 3.8) is 0 Å². The van der Waals surface area contributed by atoms with Crippen LogP contribution in [0.1, 0.15) is 51.1 Å². The molecule has 0 aliphatic rings. The number of methoxy groups -OCH3 is 2. The highest BCUT2D eigenvalue weighted by molar-refractivity contribution is 5.40. The number of unbranched alkanes of at least 4 members (excludes halogenated alkanes) is 1. The van der Waals surface area contributed by atoms with Gasteiger partial charge in [-0.05, 0) is 37.1 Å². The van der Waals surface area contributed by atoms with E-state index in [1.807, 2.05) is 13.1 Å². The molecule has 0 saturated carbocycles. The minimum atomic E-state index is 0.343. The molecule has 0 aliphatic carbocycles. The molecule has 1 aromatic rings. The first-order valence-corrected chi connectivity index (χ1v) is 7.60. The van der Waals surface area contributed by atoms with Gasteiger partial charge in [-0.2, -0.15) is 0 Å². The van der Waals surface area contributed by atoms with E-state index in [9.17, 15) is 0 Å². The van der Waals surface area contributed by atoms with Crippen LogP contribution in [0.2, 0.25) is 0 Å². The second-order valence-electron chi connectivity index (χ2n) is 5.22. The first-order valence-electron chi connectivity index (χ1n) is 7.60. The summed E-state index contributed by atoms with van der Waals surface area (Å²) in [7, 11) is 5.42. The van der Waals surface area contributed by atoms with Crippen LogP contribution in [0.4, 0.5) is 0 Å². The van der Waals surface area contributed by atoms with Crippen molar-refractivity contribution in [2.45, 2.75) is 45.6 Å². The Morgan fingerprint density at radius 3 is 2.05 bits per heavy atom. The van der Waals surface area contributed by atoms with Crippen LogP contribution in [0.15, 0.2) is 18.2 Å². The molecule has 20 heavy (non-hydrogen) atoms.